The number of benzene rings is 2. The molecule has 1 aliphatic carbocycles. The Morgan fingerprint density at radius 1 is 1.00 bits per heavy atom. The number of para-hydroxylation sites is 1. The maximum Gasteiger partial charge on any atom is 0.232 e. The highest BCUT2D eigenvalue weighted by Gasteiger charge is 2.39. The lowest BCUT2D eigenvalue weighted by Crippen LogP contribution is -2.40. The van der Waals surface area contributed by atoms with Crippen LogP contribution in [0.15, 0.2) is 64.3 Å². The van der Waals surface area contributed by atoms with Crippen molar-refractivity contribution in [2.75, 3.05) is 4.90 Å². The van der Waals surface area contributed by atoms with Crippen LogP contribution in [0.3, 0.4) is 0 Å². The second-order valence-corrected chi connectivity index (χ2v) is 7.88. The van der Waals surface area contributed by atoms with E-state index in [1.165, 1.54) is 0 Å². The predicted molar refractivity (Wildman–Crippen MR) is 106 cm³/mol. The minimum atomic E-state index is -0.140. The van der Waals surface area contributed by atoms with Gasteiger partial charge in [-0.25, -0.2) is 0 Å². The zero-order valence-electron chi connectivity index (χ0n) is 14.7. The number of carbonyl (C=O) groups excluding carboxylic acids is 2. The van der Waals surface area contributed by atoms with Gasteiger partial charge in [-0.15, -0.1) is 0 Å². The molecule has 0 N–H and O–H groups in total. The van der Waals surface area contributed by atoms with Crippen LogP contribution >= 0.6 is 15.9 Å². The van der Waals surface area contributed by atoms with E-state index in [-0.39, 0.29) is 17.6 Å². The molecular formula is C22H20BrNO2. The highest BCUT2D eigenvalue weighted by atomic mass is 79.9. The minimum absolute atomic E-state index is 0.0701. The van der Waals surface area contributed by atoms with Crippen LogP contribution in [0.1, 0.15) is 42.7 Å². The van der Waals surface area contributed by atoms with E-state index in [9.17, 15) is 9.59 Å². The molecule has 2 aliphatic rings. The van der Waals surface area contributed by atoms with Gasteiger partial charge in [0.25, 0.3) is 0 Å². The zero-order chi connectivity index (χ0) is 18.3. The fourth-order valence-electron chi connectivity index (χ4n) is 4.07. The molecule has 2 aromatic rings. The molecular weight excluding hydrogens is 390 g/mol. The van der Waals surface area contributed by atoms with Gasteiger partial charge in [-0.3, -0.25) is 14.5 Å². The van der Waals surface area contributed by atoms with Crippen LogP contribution < -0.4 is 4.90 Å². The number of hydrogen-bond donors (Lipinski definition) is 0. The third-order valence-corrected chi connectivity index (χ3v) is 5.83. The fraction of sp³-hybridized carbons (Fsp3) is 0.273. The summed E-state index contributed by atoms with van der Waals surface area (Å²) in [4.78, 5) is 27.8. The first-order valence-electron chi connectivity index (χ1n) is 8.96. The molecule has 0 fully saturated rings. The summed E-state index contributed by atoms with van der Waals surface area (Å²) in [7, 11) is 0. The number of nitrogens with zero attached hydrogens (tertiary/aromatic N) is 1. The Kier molecular flexibility index (Phi) is 4.53. The number of hydrogen-bond acceptors (Lipinski definition) is 2. The van der Waals surface area contributed by atoms with Crippen molar-refractivity contribution in [3.8, 4) is 0 Å². The summed E-state index contributed by atoms with van der Waals surface area (Å²) in [5.41, 5.74) is 4.72. The lowest BCUT2D eigenvalue weighted by atomic mass is 9.77. The number of allylic oxidation sites excluding steroid dienone is 2. The lowest BCUT2D eigenvalue weighted by Gasteiger charge is -2.39. The predicted octanol–water partition coefficient (Wildman–Crippen LogP) is 5.29. The van der Waals surface area contributed by atoms with Crippen LogP contribution in [0, 0.1) is 6.92 Å². The average molecular weight is 410 g/mol. The van der Waals surface area contributed by atoms with E-state index in [1.54, 1.807) is 4.90 Å². The normalized spacial score (nSPS) is 20.4. The van der Waals surface area contributed by atoms with Crippen molar-refractivity contribution in [3.05, 3.63) is 75.4 Å². The fourth-order valence-corrected chi connectivity index (χ4v) is 4.33. The lowest BCUT2D eigenvalue weighted by molar-refractivity contribution is -0.119. The Hall–Kier alpha value is -2.20. The largest absolute Gasteiger partial charge is 0.294 e. The maximum atomic E-state index is 13.1. The first kappa shape index (κ1) is 17.2. The van der Waals surface area contributed by atoms with Gasteiger partial charge in [-0.1, -0.05) is 46.3 Å². The van der Waals surface area contributed by atoms with Crippen molar-refractivity contribution in [3.63, 3.8) is 0 Å². The van der Waals surface area contributed by atoms with Gasteiger partial charge in [0.05, 0.1) is 5.69 Å². The third kappa shape index (κ3) is 2.92. The molecule has 0 bridgehead atoms. The molecule has 1 aliphatic heterocycles. The van der Waals surface area contributed by atoms with E-state index in [0.717, 1.165) is 45.4 Å². The molecule has 0 spiro atoms. The molecule has 4 heteroatoms. The molecule has 1 atom stereocenters. The Bertz CT molecular complexity index is 914. The first-order valence-corrected chi connectivity index (χ1v) is 9.76. The van der Waals surface area contributed by atoms with E-state index in [2.05, 4.69) is 15.9 Å². The summed E-state index contributed by atoms with van der Waals surface area (Å²) < 4.78 is 0.995. The molecule has 1 amide bonds. The molecule has 2 aromatic carbocycles. The molecule has 0 saturated heterocycles. The van der Waals surface area contributed by atoms with E-state index in [0.29, 0.717) is 12.8 Å². The van der Waals surface area contributed by atoms with Crippen LogP contribution in [0.4, 0.5) is 5.69 Å². The Balaban J connectivity index is 1.87. The summed E-state index contributed by atoms with van der Waals surface area (Å²) >= 11 is 3.46. The van der Waals surface area contributed by atoms with Gasteiger partial charge >= 0.3 is 0 Å². The number of halogens is 1. The Morgan fingerprint density at radius 3 is 2.46 bits per heavy atom. The molecule has 132 valence electrons. The van der Waals surface area contributed by atoms with Gasteiger partial charge in [0, 0.05) is 34.5 Å². The number of anilines is 1. The number of rotatable bonds is 2. The van der Waals surface area contributed by atoms with Crippen LogP contribution in [0.2, 0.25) is 0 Å². The van der Waals surface area contributed by atoms with Crippen molar-refractivity contribution < 1.29 is 9.59 Å². The van der Waals surface area contributed by atoms with Crippen molar-refractivity contribution >= 4 is 33.3 Å². The molecule has 4 rings (SSSR count). The molecule has 3 nitrogen and oxygen atoms in total. The summed E-state index contributed by atoms with van der Waals surface area (Å²) in [5, 5.41) is 0. The van der Waals surface area contributed by atoms with Crippen molar-refractivity contribution in [2.24, 2.45) is 0 Å². The molecule has 0 radical (unpaired) electrons. The van der Waals surface area contributed by atoms with Crippen molar-refractivity contribution in [1.82, 2.24) is 0 Å². The molecule has 26 heavy (non-hydrogen) atoms. The Labute approximate surface area is 161 Å². The summed E-state index contributed by atoms with van der Waals surface area (Å²) in [6.45, 7) is 2.01. The SMILES string of the molecule is Cc1ccccc1N1C(=O)CC(c2ccc(Br)cc2)C2=C1CCCC2=O. The quantitative estimate of drug-likeness (QED) is 0.675. The monoisotopic (exact) mass is 409 g/mol. The van der Waals surface area contributed by atoms with Crippen LogP contribution in [-0.2, 0) is 9.59 Å². The summed E-state index contributed by atoms with van der Waals surface area (Å²) in [6, 6.07) is 15.9. The van der Waals surface area contributed by atoms with Crippen molar-refractivity contribution in [1.29, 1.82) is 0 Å². The number of aryl methyl sites for hydroxylation is 1. The van der Waals surface area contributed by atoms with Gasteiger partial charge in [-0.05, 0) is 49.1 Å². The van der Waals surface area contributed by atoms with E-state index < -0.39 is 0 Å². The van der Waals surface area contributed by atoms with Crippen LogP contribution in [0.5, 0.6) is 0 Å². The van der Waals surface area contributed by atoms with E-state index in [4.69, 9.17) is 0 Å². The molecule has 0 aromatic heterocycles. The second-order valence-electron chi connectivity index (χ2n) is 6.96. The topological polar surface area (TPSA) is 37.4 Å². The second kappa shape index (κ2) is 6.84. The third-order valence-electron chi connectivity index (χ3n) is 5.30. The number of amides is 1. The molecule has 1 unspecified atom stereocenters. The van der Waals surface area contributed by atoms with Gasteiger partial charge in [0.1, 0.15) is 0 Å². The number of Topliss-reactive ketones (excluding diaryl/α,β-unsaturated/α-hetero) is 1. The standard InChI is InChI=1S/C22H20BrNO2/c1-14-5-2-3-6-18(14)24-19-7-4-8-20(25)22(19)17(13-21(24)26)15-9-11-16(23)12-10-15/h2-3,5-6,9-12,17H,4,7-8,13H2,1H3. The first-order chi connectivity index (χ1) is 12.6. The highest BCUT2D eigenvalue weighted by molar-refractivity contribution is 9.10. The maximum absolute atomic E-state index is 13.1. The summed E-state index contributed by atoms with van der Waals surface area (Å²) in [5.74, 6) is 0.115. The summed E-state index contributed by atoms with van der Waals surface area (Å²) in [6.07, 6.45) is 2.48. The van der Waals surface area contributed by atoms with Gasteiger partial charge in [0.15, 0.2) is 5.78 Å². The number of carbonyl (C=O) groups is 2. The van der Waals surface area contributed by atoms with E-state index >= 15 is 0 Å². The minimum Gasteiger partial charge on any atom is -0.294 e. The molecule has 0 saturated carbocycles. The smallest absolute Gasteiger partial charge is 0.232 e. The van der Waals surface area contributed by atoms with Crippen molar-refractivity contribution in [2.45, 2.75) is 38.5 Å². The van der Waals surface area contributed by atoms with E-state index in [1.807, 2.05) is 55.5 Å². The molecule has 1 heterocycles. The number of ketones is 1. The average Bonchev–Trinajstić information content (AvgIpc) is 2.63. The Morgan fingerprint density at radius 2 is 1.73 bits per heavy atom. The van der Waals surface area contributed by atoms with Gasteiger partial charge < -0.3 is 0 Å². The van der Waals surface area contributed by atoms with Gasteiger partial charge in [-0.2, -0.15) is 0 Å². The van der Waals surface area contributed by atoms with Gasteiger partial charge in [0.2, 0.25) is 5.91 Å². The zero-order valence-corrected chi connectivity index (χ0v) is 16.3. The highest BCUT2D eigenvalue weighted by Crippen LogP contribution is 2.44. The van der Waals surface area contributed by atoms with Crippen LogP contribution in [0.25, 0.3) is 0 Å². The van der Waals surface area contributed by atoms with Crippen LogP contribution in [-0.4, -0.2) is 11.7 Å².